The van der Waals surface area contributed by atoms with Gasteiger partial charge in [0.05, 0.1) is 5.92 Å². The molecule has 1 aromatic heterocycles. The minimum atomic E-state index is -0.205. The van der Waals surface area contributed by atoms with Crippen LogP contribution in [0.3, 0.4) is 0 Å². The van der Waals surface area contributed by atoms with E-state index in [0.29, 0.717) is 6.54 Å². The number of aromatic nitrogens is 1. The topological polar surface area (TPSA) is 51.7 Å². The Kier molecular flexibility index (Phi) is 7.71. The van der Waals surface area contributed by atoms with Gasteiger partial charge < -0.3 is 10.2 Å². The van der Waals surface area contributed by atoms with Gasteiger partial charge in [0.1, 0.15) is 11.6 Å². The highest BCUT2D eigenvalue weighted by atomic mass is 19.1. The predicted octanol–water partition coefficient (Wildman–Crippen LogP) is 2.76. The molecular formula is C25H34FN5O. The molecule has 0 aliphatic carbocycles. The summed E-state index contributed by atoms with van der Waals surface area (Å²) >= 11 is 0. The summed E-state index contributed by atoms with van der Waals surface area (Å²) in [5.74, 6) is 0.978. The fourth-order valence-corrected chi connectivity index (χ4v) is 4.80. The zero-order valence-electron chi connectivity index (χ0n) is 18.9. The minimum absolute atomic E-state index is 0.000705. The van der Waals surface area contributed by atoms with Crippen molar-refractivity contribution in [3.63, 3.8) is 0 Å². The molecule has 2 aliphatic rings. The molecule has 3 heterocycles. The fraction of sp³-hybridized carbons (Fsp3) is 0.520. The van der Waals surface area contributed by atoms with Crippen LogP contribution in [-0.2, 0) is 11.3 Å². The summed E-state index contributed by atoms with van der Waals surface area (Å²) in [6, 6.07) is 12.9. The first-order chi connectivity index (χ1) is 15.6. The third kappa shape index (κ3) is 6.26. The number of nitrogens with zero attached hydrogens (tertiary/aromatic N) is 4. The third-order valence-electron chi connectivity index (χ3n) is 6.44. The molecule has 1 N–H and O–H groups in total. The van der Waals surface area contributed by atoms with E-state index in [0.717, 1.165) is 70.0 Å². The molecule has 1 aromatic carbocycles. The monoisotopic (exact) mass is 439 g/mol. The van der Waals surface area contributed by atoms with Gasteiger partial charge in [0.2, 0.25) is 5.91 Å². The van der Waals surface area contributed by atoms with Crippen LogP contribution in [0.25, 0.3) is 0 Å². The van der Waals surface area contributed by atoms with Gasteiger partial charge in [0.25, 0.3) is 0 Å². The molecule has 0 spiro atoms. The first-order valence-electron chi connectivity index (χ1n) is 11.7. The zero-order valence-corrected chi connectivity index (χ0v) is 18.9. The Balaban J connectivity index is 1.20. The smallest absolute Gasteiger partial charge is 0.224 e. The van der Waals surface area contributed by atoms with Gasteiger partial charge in [-0.25, -0.2) is 9.37 Å². The summed E-state index contributed by atoms with van der Waals surface area (Å²) in [7, 11) is 0. The average molecular weight is 440 g/mol. The lowest BCUT2D eigenvalue weighted by molar-refractivity contribution is -0.127. The maximum absolute atomic E-state index is 13.5. The molecule has 2 aliphatic heterocycles. The summed E-state index contributed by atoms with van der Waals surface area (Å²) in [6.45, 7) is 9.19. The Hall–Kier alpha value is -2.51. The Bertz CT molecular complexity index is 872. The van der Waals surface area contributed by atoms with Crippen molar-refractivity contribution in [1.82, 2.24) is 20.1 Å². The largest absolute Gasteiger partial charge is 0.354 e. The fourth-order valence-electron chi connectivity index (χ4n) is 4.80. The van der Waals surface area contributed by atoms with E-state index in [-0.39, 0.29) is 23.7 Å². The number of piperazine rings is 1. The SMILES string of the molecule is CC(CN1CCN(c2ccccn2)CC1)NC(=O)C1CCCN(Cc2cccc(F)c2)C1. The van der Waals surface area contributed by atoms with Gasteiger partial charge in [-0.1, -0.05) is 18.2 Å². The molecule has 0 saturated carbocycles. The molecule has 2 aromatic rings. The standard InChI is InChI=1S/C25H34FN5O/c1-20(17-29-12-14-31(15-13-29)24-9-2-3-10-27-24)28-25(32)22-7-5-11-30(19-22)18-21-6-4-8-23(26)16-21/h2-4,6,8-10,16,20,22H,5,7,11-15,17-19H2,1H3,(H,28,32). The Morgan fingerprint density at radius 1 is 1.12 bits per heavy atom. The van der Waals surface area contributed by atoms with E-state index in [1.54, 1.807) is 12.1 Å². The van der Waals surface area contributed by atoms with Gasteiger partial charge in [-0.15, -0.1) is 0 Å². The van der Waals surface area contributed by atoms with E-state index in [4.69, 9.17) is 0 Å². The minimum Gasteiger partial charge on any atom is -0.354 e. The molecule has 7 heteroatoms. The van der Waals surface area contributed by atoms with Gasteiger partial charge in [-0.2, -0.15) is 0 Å². The Morgan fingerprint density at radius 2 is 1.97 bits per heavy atom. The number of amides is 1. The number of carbonyl (C=O) groups is 1. The molecule has 0 radical (unpaired) electrons. The first-order valence-corrected chi connectivity index (χ1v) is 11.7. The zero-order chi connectivity index (χ0) is 22.3. The molecule has 6 nitrogen and oxygen atoms in total. The van der Waals surface area contributed by atoms with Gasteiger partial charge in [-0.3, -0.25) is 14.6 Å². The number of likely N-dealkylation sites (tertiary alicyclic amines) is 1. The van der Waals surface area contributed by atoms with E-state index < -0.39 is 0 Å². The number of piperidine rings is 1. The van der Waals surface area contributed by atoms with Crippen LogP contribution in [0.4, 0.5) is 10.2 Å². The van der Waals surface area contributed by atoms with Crippen LogP contribution in [0.1, 0.15) is 25.3 Å². The number of halogens is 1. The van der Waals surface area contributed by atoms with E-state index in [1.165, 1.54) is 6.07 Å². The number of nitrogens with one attached hydrogen (secondary N) is 1. The number of carbonyl (C=O) groups excluding carboxylic acids is 1. The van der Waals surface area contributed by atoms with Gasteiger partial charge in [0, 0.05) is 58.1 Å². The second-order valence-electron chi connectivity index (χ2n) is 9.09. The average Bonchev–Trinajstić information content (AvgIpc) is 2.80. The van der Waals surface area contributed by atoms with Gasteiger partial charge in [0.15, 0.2) is 0 Å². The number of benzene rings is 1. The molecule has 32 heavy (non-hydrogen) atoms. The lowest BCUT2D eigenvalue weighted by atomic mass is 9.96. The second kappa shape index (κ2) is 10.9. The second-order valence-corrected chi connectivity index (χ2v) is 9.09. The van der Waals surface area contributed by atoms with E-state index in [1.807, 2.05) is 24.4 Å². The number of rotatable bonds is 7. The highest BCUT2D eigenvalue weighted by Gasteiger charge is 2.27. The van der Waals surface area contributed by atoms with Crippen molar-refractivity contribution in [1.29, 1.82) is 0 Å². The molecule has 2 atom stereocenters. The first kappa shape index (κ1) is 22.7. The number of pyridine rings is 1. The van der Waals surface area contributed by atoms with Crippen molar-refractivity contribution in [3.8, 4) is 0 Å². The predicted molar refractivity (Wildman–Crippen MR) is 125 cm³/mol. The van der Waals surface area contributed by atoms with Crippen molar-refractivity contribution in [2.24, 2.45) is 5.92 Å². The molecule has 2 unspecified atom stereocenters. The van der Waals surface area contributed by atoms with Gasteiger partial charge in [-0.05, 0) is 56.1 Å². The van der Waals surface area contributed by atoms with Crippen LogP contribution in [0.5, 0.6) is 0 Å². The van der Waals surface area contributed by atoms with Crippen molar-refractivity contribution >= 4 is 11.7 Å². The summed E-state index contributed by atoms with van der Waals surface area (Å²) in [4.78, 5) is 24.4. The van der Waals surface area contributed by atoms with E-state index in [9.17, 15) is 9.18 Å². The number of hydrogen-bond acceptors (Lipinski definition) is 5. The maximum atomic E-state index is 13.5. The lowest BCUT2D eigenvalue weighted by Crippen LogP contribution is -2.52. The molecule has 0 bridgehead atoms. The van der Waals surface area contributed by atoms with Crippen LogP contribution in [-0.4, -0.2) is 72.5 Å². The number of hydrogen-bond donors (Lipinski definition) is 1. The maximum Gasteiger partial charge on any atom is 0.224 e. The van der Waals surface area contributed by atoms with E-state index >= 15 is 0 Å². The highest BCUT2D eigenvalue weighted by Crippen LogP contribution is 2.19. The van der Waals surface area contributed by atoms with E-state index in [2.05, 4.69) is 38.0 Å². The summed E-state index contributed by atoms with van der Waals surface area (Å²) < 4.78 is 13.5. The molecule has 4 rings (SSSR count). The molecule has 172 valence electrons. The van der Waals surface area contributed by atoms with Crippen molar-refractivity contribution < 1.29 is 9.18 Å². The Morgan fingerprint density at radius 3 is 2.72 bits per heavy atom. The molecule has 1 amide bonds. The van der Waals surface area contributed by atoms with Crippen LogP contribution >= 0.6 is 0 Å². The van der Waals surface area contributed by atoms with Crippen LogP contribution in [0.2, 0.25) is 0 Å². The van der Waals surface area contributed by atoms with Gasteiger partial charge >= 0.3 is 0 Å². The van der Waals surface area contributed by atoms with Crippen LogP contribution in [0.15, 0.2) is 48.7 Å². The lowest BCUT2D eigenvalue weighted by Gasteiger charge is -2.37. The quantitative estimate of drug-likeness (QED) is 0.719. The van der Waals surface area contributed by atoms with Crippen molar-refractivity contribution in [2.45, 2.75) is 32.4 Å². The normalized spacial score (nSPS) is 21.3. The summed E-state index contributed by atoms with van der Waals surface area (Å²) in [5, 5.41) is 3.24. The summed E-state index contributed by atoms with van der Waals surface area (Å²) in [6.07, 6.45) is 3.75. The van der Waals surface area contributed by atoms with Crippen molar-refractivity contribution in [2.75, 3.05) is 50.7 Å². The highest BCUT2D eigenvalue weighted by molar-refractivity contribution is 5.79. The van der Waals surface area contributed by atoms with Crippen LogP contribution in [0, 0.1) is 11.7 Å². The third-order valence-corrected chi connectivity index (χ3v) is 6.44. The number of anilines is 1. The molecule has 2 fully saturated rings. The summed E-state index contributed by atoms with van der Waals surface area (Å²) in [5.41, 5.74) is 0.962. The Labute approximate surface area is 190 Å². The molecular weight excluding hydrogens is 405 g/mol. The molecule has 2 saturated heterocycles. The van der Waals surface area contributed by atoms with Crippen molar-refractivity contribution in [3.05, 3.63) is 60.0 Å². The van der Waals surface area contributed by atoms with Crippen LogP contribution < -0.4 is 10.2 Å².